The lowest BCUT2D eigenvalue weighted by atomic mass is 10.2. The van der Waals surface area contributed by atoms with Gasteiger partial charge in [0.25, 0.3) is 5.56 Å². The number of aromatic nitrogens is 2. The minimum atomic E-state index is -0.0165. The minimum Gasteiger partial charge on any atom is -0.383 e. The summed E-state index contributed by atoms with van der Waals surface area (Å²) in [5, 5.41) is 1.36. The molecule has 0 N–H and O–H groups in total. The first-order valence-electron chi connectivity index (χ1n) is 8.12. The van der Waals surface area contributed by atoms with E-state index in [2.05, 4.69) is 29.3 Å². The van der Waals surface area contributed by atoms with Crippen molar-refractivity contribution in [2.45, 2.75) is 11.7 Å². The molecule has 0 saturated heterocycles. The Labute approximate surface area is 151 Å². The van der Waals surface area contributed by atoms with Crippen LogP contribution in [0.3, 0.4) is 0 Å². The minimum absolute atomic E-state index is 0.0165. The molecule has 0 saturated carbocycles. The Hall–Kier alpha value is -2.37. The lowest BCUT2D eigenvalue weighted by Crippen LogP contribution is -2.25. The molecule has 25 heavy (non-hydrogen) atoms. The summed E-state index contributed by atoms with van der Waals surface area (Å²) >= 11 is 1.56. The van der Waals surface area contributed by atoms with Crippen molar-refractivity contribution in [1.29, 1.82) is 0 Å². The number of thioether (sulfide) groups is 1. The maximum atomic E-state index is 12.7. The normalized spacial score (nSPS) is 11.4. The highest BCUT2D eigenvalue weighted by molar-refractivity contribution is 7.99. The van der Waals surface area contributed by atoms with E-state index in [0.29, 0.717) is 18.5 Å². The molecule has 0 aliphatic carbocycles. The lowest BCUT2D eigenvalue weighted by molar-refractivity contribution is 0.183. The van der Waals surface area contributed by atoms with Gasteiger partial charge in [-0.3, -0.25) is 9.36 Å². The Bertz CT molecular complexity index is 920. The van der Waals surface area contributed by atoms with Gasteiger partial charge in [0.15, 0.2) is 5.16 Å². The van der Waals surface area contributed by atoms with E-state index >= 15 is 0 Å². The molecule has 1 aromatic heterocycles. The monoisotopic (exact) mass is 352 g/mol. The Morgan fingerprint density at radius 2 is 1.88 bits per heavy atom. The van der Waals surface area contributed by atoms with Crippen LogP contribution in [0.2, 0.25) is 0 Å². The summed E-state index contributed by atoms with van der Waals surface area (Å²) in [6.45, 7) is 0.977. The average Bonchev–Trinajstić information content (AvgIpc) is 2.66. The van der Waals surface area contributed by atoms with Gasteiger partial charge in [-0.1, -0.05) is 66.4 Å². The SMILES string of the molecule is COCCn1c(SCC=Cc2ccccc2)nc2ccccc2c1=O. The summed E-state index contributed by atoms with van der Waals surface area (Å²) in [7, 11) is 1.63. The smallest absolute Gasteiger partial charge is 0.262 e. The van der Waals surface area contributed by atoms with Crippen LogP contribution in [-0.4, -0.2) is 29.0 Å². The second kappa shape index (κ2) is 8.65. The molecule has 0 bridgehead atoms. The van der Waals surface area contributed by atoms with Gasteiger partial charge in [-0.15, -0.1) is 0 Å². The first-order valence-corrected chi connectivity index (χ1v) is 9.11. The van der Waals surface area contributed by atoms with Gasteiger partial charge in [-0.25, -0.2) is 4.98 Å². The van der Waals surface area contributed by atoms with Crippen molar-refractivity contribution in [3.63, 3.8) is 0 Å². The van der Waals surface area contributed by atoms with Crippen molar-refractivity contribution in [2.24, 2.45) is 0 Å². The fraction of sp³-hybridized carbons (Fsp3) is 0.200. The predicted molar refractivity (Wildman–Crippen MR) is 104 cm³/mol. The molecule has 3 aromatic rings. The number of methoxy groups -OCH3 is 1. The molecule has 0 spiro atoms. The van der Waals surface area contributed by atoms with Crippen LogP contribution in [0, 0.1) is 0 Å². The van der Waals surface area contributed by atoms with Crippen LogP contribution in [-0.2, 0) is 11.3 Å². The van der Waals surface area contributed by atoms with Gasteiger partial charge in [-0.2, -0.15) is 0 Å². The summed E-state index contributed by atoms with van der Waals surface area (Å²) < 4.78 is 6.84. The van der Waals surface area contributed by atoms with Gasteiger partial charge in [-0.05, 0) is 17.7 Å². The number of hydrogen-bond donors (Lipinski definition) is 0. The van der Waals surface area contributed by atoms with Crippen molar-refractivity contribution in [3.8, 4) is 0 Å². The van der Waals surface area contributed by atoms with E-state index in [4.69, 9.17) is 4.74 Å². The molecule has 0 fully saturated rings. The van der Waals surface area contributed by atoms with E-state index in [0.717, 1.165) is 22.0 Å². The number of para-hydroxylation sites is 1. The molecule has 128 valence electrons. The lowest BCUT2D eigenvalue weighted by Gasteiger charge is -2.12. The highest BCUT2D eigenvalue weighted by Crippen LogP contribution is 2.18. The van der Waals surface area contributed by atoms with E-state index in [1.807, 2.05) is 42.5 Å². The van der Waals surface area contributed by atoms with Crippen LogP contribution in [0.15, 0.2) is 70.6 Å². The molecule has 0 radical (unpaired) electrons. The molecule has 0 unspecified atom stereocenters. The molecule has 5 heteroatoms. The number of ether oxygens (including phenoxy) is 1. The topological polar surface area (TPSA) is 44.1 Å². The average molecular weight is 352 g/mol. The standard InChI is InChI=1S/C20H20N2O2S/c1-24-14-13-22-19(23)17-11-5-6-12-18(17)21-20(22)25-15-7-10-16-8-3-2-4-9-16/h2-12H,13-15H2,1H3. The number of nitrogens with zero attached hydrogens (tertiary/aromatic N) is 2. The molecule has 4 nitrogen and oxygen atoms in total. The molecular weight excluding hydrogens is 332 g/mol. The van der Waals surface area contributed by atoms with Gasteiger partial charge in [0.05, 0.1) is 24.1 Å². The van der Waals surface area contributed by atoms with Crippen molar-refractivity contribution in [1.82, 2.24) is 9.55 Å². The van der Waals surface area contributed by atoms with Crippen LogP contribution in [0.1, 0.15) is 5.56 Å². The Kier molecular flexibility index (Phi) is 6.04. The molecular formula is C20H20N2O2S. The van der Waals surface area contributed by atoms with Gasteiger partial charge in [0.2, 0.25) is 0 Å². The van der Waals surface area contributed by atoms with Gasteiger partial charge in [0.1, 0.15) is 0 Å². The fourth-order valence-corrected chi connectivity index (χ4v) is 3.34. The van der Waals surface area contributed by atoms with Crippen molar-refractivity contribution in [3.05, 3.63) is 76.6 Å². The zero-order valence-corrected chi connectivity index (χ0v) is 14.9. The fourth-order valence-electron chi connectivity index (χ4n) is 2.51. The third-order valence-electron chi connectivity index (χ3n) is 3.76. The molecule has 1 heterocycles. The summed E-state index contributed by atoms with van der Waals surface area (Å²) in [5.41, 5.74) is 1.87. The third-order valence-corrected chi connectivity index (χ3v) is 4.69. The molecule has 0 atom stereocenters. The zero-order chi connectivity index (χ0) is 17.5. The number of benzene rings is 2. The van der Waals surface area contributed by atoms with Crippen LogP contribution < -0.4 is 5.56 Å². The van der Waals surface area contributed by atoms with Crippen molar-refractivity contribution in [2.75, 3.05) is 19.5 Å². The van der Waals surface area contributed by atoms with Gasteiger partial charge in [0, 0.05) is 12.9 Å². The van der Waals surface area contributed by atoms with E-state index < -0.39 is 0 Å². The summed E-state index contributed by atoms with van der Waals surface area (Å²) in [5.74, 6) is 0.743. The van der Waals surface area contributed by atoms with Crippen LogP contribution in [0.25, 0.3) is 17.0 Å². The summed E-state index contributed by atoms with van der Waals surface area (Å²) in [6.07, 6.45) is 4.16. The quantitative estimate of drug-likeness (QED) is 0.479. The number of rotatable bonds is 7. The number of fused-ring (bicyclic) bond motifs is 1. The van der Waals surface area contributed by atoms with Crippen molar-refractivity contribution < 1.29 is 4.74 Å². The van der Waals surface area contributed by atoms with Crippen LogP contribution in [0.4, 0.5) is 0 Å². The second-order valence-electron chi connectivity index (χ2n) is 5.49. The Morgan fingerprint density at radius 1 is 1.12 bits per heavy atom. The zero-order valence-electron chi connectivity index (χ0n) is 14.1. The van der Waals surface area contributed by atoms with E-state index in [1.165, 1.54) is 0 Å². The van der Waals surface area contributed by atoms with Crippen LogP contribution >= 0.6 is 11.8 Å². The molecule has 0 aliphatic heterocycles. The molecule has 0 aliphatic rings. The largest absolute Gasteiger partial charge is 0.383 e. The maximum absolute atomic E-state index is 12.7. The van der Waals surface area contributed by atoms with Gasteiger partial charge >= 0.3 is 0 Å². The Balaban J connectivity index is 1.83. The Morgan fingerprint density at radius 3 is 2.68 bits per heavy atom. The highest BCUT2D eigenvalue weighted by Gasteiger charge is 2.10. The first kappa shape index (κ1) is 17.5. The summed E-state index contributed by atoms with van der Waals surface area (Å²) in [6, 6.07) is 17.6. The third kappa shape index (κ3) is 4.38. The van der Waals surface area contributed by atoms with Crippen molar-refractivity contribution >= 4 is 28.7 Å². The van der Waals surface area contributed by atoms with E-state index in [-0.39, 0.29) is 5.56 Å². The molecule has 2 aromatic carbocycles. The molecule has 3 rings (SSSR count). The first-order chi connectivity index (χ1) is 12.3. The maximum Gasteiger partial charge on any atom is 0.262 e. The van der Waals surface area contributed by atoms with Gasteiger partial charge < -0.3 is 4.74 Å². The van der Waals surface area contributed by atoms with E-state index in [9.17, 15) is 4.79 Å². The van der Waals surface area contributed by atoms with Crippen LogP contribution in [0.5, 0.6) is 0 Å². The highest BCUT2D eigenvalue weighted by atomic mass is 32.2. The number of hydrogen-bond acceptors (Lipinski definition) is 4. The second-order valence-corrected chi connectivity index (χ2v) is 6.47. The predicted octanol–water partition coefficient (Wildman–Crippen LogP) is 3.85. The summed E-state index contributed by atoms with van der Waals surface area (Å²) in [4.78, 5) is 17.4. The van der Waals surface area contributed by atoms with E-state index in [1.54, 1.807) is 23.4 Å². The molecule has 0 amide bonds.